The highest BCUT2D eigenvalue weighted by molar-refractivity contribution is 7.99. The summed E-state index contributed by atoms with van der Waals surface area (Å²) in [4.78, 5) is 12.2. The molecule has 1 N–H and O–H groups in total. The number of carbonyl (C=O) groups excluding carboxylic acids is 1. The molecule has 0 spiro atoms. The molecule has 1 amide bonds. The molecule has 0 atom stereocenters. The maximum atomic E-state index is 10.9. The number of aryl methyl sites for hydroxylation is 1. The maximum Gasteiger partial charge on any atom is 0.244 e. The van der Waals surface area contributed by atoms with Crippen LogP contribution in [0.2, 0.25) is 0 Å². The van der Waals surface area contributed by atoms with Crippen LogP contribution >= 0.6 is 11.8 Å². The summed E-state index contributed by atoms with van der Waals surface area (Å²) in [7, 11) is 0. The van der Waals surface area contributed by atoms with Crippen molar-refractivity contribution in [1.82, 2.24) is 5.32 Å². The van der Waals surface area contributed by atoms with Crippen LogP contribution in [-0.2, 0) is 4.79 Å². The van der Waals surface area contributed by atoms with Gasteiger partial charge in [-0.2, -0.15) is 0 Å². The standard InChI is InChI=1S/C12H13NOS/c1-9-2-4-11(5-3-9)15-8-10-6-12(14)13-7-10/h2-6H,7-8H2,1H3,(H,13,14). The lowest BCUT2D eigenvalue weighted by Gasteiger charge is -2.02. The minimum absolute atomic E-state index is 0.0366. The summed E-state index contributed by atoms with van der Waals surface area (Å²) in [6, 6.07) is 8.44. The summed E-state index contributed by atoms with van der Waals surface area (Å²) in [6.45, 7) is 2.79. The van der Waals surface area contributed by atoms with E-state index < -0.39 is 0 Å². The predicted octanol–water partition coefficient (Wildman–Crippen LogP) is 2.14. The topological polar surface area (TPSA) is 29.1 Å². The summed E-state index contributed by atoms with van der Waals surface area (Å²) >= 11 is 1.77. The Balaban J connectivity index is 1.91. The zero-order valence-electron chi connectivity index (χ0n) is 8.62. The maximum absolute atomic E-state index is 10.9. The van der Waals surface area contributed by atoms with Gasteiger partial charge in [0, 0.05) is 23.3 Å². The number of thioether (sulfide) groups is 1. The van der Waals surface area contributed by atoms with Gasteiger partial charge in [0.1, 0.15) is 0 Å². The van der Waals surface area contributed by atoms with Crippen LogP contribution in [0.5, 0.6) is 0 Å². The van der Waals surface area contributed by atoms with Crippen molar-refractivity contribution in [1.29, 1.82) is 0 Å². The second-order valence-electron chi connectivity index (χ2n) is 3.62. The first-order chi connectivity index (χ1) is 7.24. The number of amides is 1. The first kappa shape index (κ1) is 10.3. The van der Waals surface area contributed by atoms with Crippen molar-refractivity contribution in [3.63, 3.8) is 0 Å². The van der Waals surface area contributed by atoms with Crippen LogP contribution < -0.4 is 5.32 Å². The number of carbonyl (C=O) groups is 1. The summed E-state index contributed by atoms with van der Waals surface area (Å²) in [6.07, 6.45) is 1.70. The number of benzene rings is 1. The average molecular weight is 219 g/mol. The van der Waals surface area contributed by atoms with Gasteiger partial charge in [-0.15, -0.1) is 11.8 Å². The Labute approximate surface area is 93.8 Å². The molecule has 0 saturated carbocycles. The van der Waals surface area contributed by atoms with Crippen LogP contribution in [0.3, 0.4) is 0 Å². The van der Waals surface area contributed by atoms with E-state index in [9.17, 15) is 4.79 Å². The highest BCUT2D eigenvalue weighted by atomic mass is 32.2. The Morgan fingerprint density at radius 2 is 2.07 bits per heavy atom. The molecule has 78 valence electrons. The zero-order valence-corrected chi connectivity index (χ0v) is 9.43. The van der Waals surface area contributed by atoms with Crippen molar-refractivity contribution in [2.75, 3.05) is 12.3 Å². The van der Waals surface area contributed by atoms with Gasteiger partial charge in [0.2, 0.25) is 5.91 Å². The van der Waals surface area contributed by atoms with Gasteiger partial charge in [0.05, 0.1) is 0 Å². The summed E-state index contributed by atoms with van der Waals surface area (Å²) in [5, 5.41) is 2.77. The van der Waals surface area contributed by atoms with Gasteiger partial charge >= 0.3 is 0 Å². The predicted molar refractivity (Wildman–Crippen MR) is 63.0 cm³/mol. The Kier molecular flexibility index (Phi) is 3.11. The SMILES string of the molecule is Cc1ccc(SCC2=CC(=O)NC2)cc1. The molecule has 0 aliphatic carbocycles. The van der Waals surface area contributed by atoms with E-state index in [0.29, 0.717) is 6.54 Å². The van der Waals surface area contributed by atoms with E-state index in [4.69, 9.17) is 0 Å². The Morgan fingerprint density at radius 3 is 2.67 bits per heavy atom. The molecule has 0 bridgehead atoms. The molecule has 1 aliphatic heterocycles. The van der Waals surface area contributed by atoms with Gasteiger partial charge in [-0.25, -0.2) is 0 Å². The van der Waals surface area contributed by atoms with E-state index >= 15 is 0 Å². The molecule has 3 heteroatoms. The Morgan fingerprint density at radius 1 is 1.33 bits per heavy atom. The largest absolute Gasteiger partial charge is 0.349 e. The molecule has 1 aromatic carbocycles. The molecule has 0 fully saturated rings. The molecule has 1 aromatic rings. The fraction of sp³-hybridized carbons (Fsp3) is 0.250. The van der Waals surface area contributed by atoms with Crippen LogP contribution in [0.1, 0.15) is 5.56 Å². The lowest BCUT2D eigenvalue weighted by molar-refractivity contribution is -0.115. The van der Waals surface area contributed by atoms with Crippen LogP contribution in [-0.4, -0.2) is 18.2 Å². The minimum atomic E-state index is 0.0366. The normalized spacial score (nSPS) is 15.0. The third kappa shape index (κ3) is 2.86. The van der Waals surface area contributed by atoms with Gasteiger partial charge < -0.3 is 5.32 Å². The first-order valence-electron chi connectivity index (χ1n) is 4.91. The van der Waals surface area contributed by atoms with Crippen LogP contribution in [0.15, 0.2) is 40.8 Å². The molecule has 0 saturated heterocycles. The highest BCUT2D eigenvalue weighted by Crippen LogP contribution is 2.21. The number of rotatable bonds is 3. The summed E-state index contributed by atoms with van der Waals surface area (Å²) in [5.74, 6) is 0.927. The fourth-order valence-corrected chi connectivity index (χ4v) is 2.26. The van der Waals surface area contributed by atoms with Crippen molar-refractivity contribution in [2.45, 2.75) is 11.8 Å². The molecule has 0 aromatic heterocycles. The number of nitrogens with one attached hydrogen (secondary N) is 1. The smallest absolute Gasteiger partial charge is 0.244 e. The molecule has 2 rings (SSSR count). The van der Waals surface area contributed by atoms with Gasteiger partial charge in [-0.05, 0) is 24.6 Å². The quantitative estimate of drug-likeness (QED) is 0.789. The number of hydrogen-bond donors (Lipinski definition) is 1. The lowest BCUT2D eigenvalue weighted by Crippen LogP contribution is -2.15. The Hall–Kier alpha value is -1.22. The second kappa shape index (κ2) is 4.53. The molecule has 2 nitrogen and oxygen atoms in total. The van der Waals surface area contributed by atoms with Crippen LogP contribution in [0, 0.1) is 6.92 Å². The monoisotopic (exact) mass is 219 g/mol. The van der Waals surface area contributed by atoms with Gasteiger partial charge in [0.15, 0.2) is 0 Å². The van der Waals surface area contributed by atoms with Crippen molar-refractivity contribution in [2.24, 2.45) is 0 Å². The molecular weight excluding hydrogens is 206 g/mol. The second-order valence-corrected chi connectivity index (χ2v) is 4.67. The zero-order chi connectivity index (χ0) is 10.7. The van der Waals surface area contributed by atoms with Crippen molar-refractivity contribution >= 4 is 17.7 Å². The van der Waals surface area contributed by atoms with Gasteiger partial charge in [-0.3, -0.25) is 4.79 Å². The number of hydrogen-bond acceptors (Lipinski definition) is 2. The van der Waals surface area contributed by atoms with Crippen LogP contribution in [0.4, 0.5) is 0 Å². The van der Waals surface area contributed by atoms with E-state index in [1.54, 1.807) is 17.8 Å². The van der Waals surface area contributed by atoms with Crippen molar-refractivity contribution in [3.05, 3.63) is 41.5 Å². The Bertz CT molecular complexity index is 395. The third-order valence-electron chi connectivity index (χ3n) is 2.27. The van der Waals surface area contributed by atoms with E-state index in [1.807, 2.05) is 0 Å². The lowest BCUT2D eigenvalue weighted by atomic mass is 10.2. The van der Waals surface area contributed by atoms with E-state index in [1.165, 1.54) is 16.0 Å². The molecule has 0 radical (unpaired) electrons. The first-order valence-corrected chi connectivity index (χ1v) is 5.89. The summed E-state index contributed by atoms with van der Waals surface area (Å²) < 4.78 is 0. The molecule has 0 unspecified atom stereocenters. The van der Waals surface area contributed by atoms with E-state index in [2.05, 4.69) is 36.5 Å². The fourth-order valence-electron chi connectivity index (χ4n) is 1.39. The van der Waals surface area contributed by atoms with Crippen molar-refractivity contribution in [3.8, 4) is 0 Å². The molecule has 1 heterocycles. The minimum Gasteiger partial charge on any atom is -0.349 e. The highest BCUT2D eigenvalue weighted by Gasteiger charge is 2.10. The third-order valence-corrected chi connectivity index (χ3v) is 3.39. The van der Waals surface area contributed by atoms with Gasteiger partial charge in [-0.1, -0.05) is 17.7 Å². The van der Waals surface area contributed by atoms with Crippen molar-refractivity contribution < 1.29 is 4.79 Å². The molecular formula is C12H13NOS. The van der Waals surface area contributed by atoms with Gasteiger partial charge in [0.25, 0.3) is 0 Å². The van der Waals surface area contributed by atoms with Crippen LogP contribution in [0.25, 0.3) is 0 Å². The van der Waals surface area contributed by atoms with E-state index in [-0.39, 0.29) is 5.91 Å². The molecule has 1 aliphatic rings. The molecule has 15 heavy (non-hydrogen) atoms. The average Bonchev–Trinajstić information content (AvgIpc) is 2.64. The van der Waals surface area contributed by atoms with E-state index in [0.717, 1.165) is 5.75 Å². The summed E-state index contributed by atoms with van der Waals surface area (Å²) in [5.41, 5.74) is 2.45.